The Balaban J connectivity index is 1.30. The molecule has 4 heterocycles. The van der Waals surface area contributed by atoms with E-state index in [1.165, 1.54) is 0 Å². The van der Waals surface area contributed by atoms with Crippen LogP contribution in [0.2, 0.25) is 0 Å². The maximum absolute atomic E-state index is 9.57. The van der Waals surface area contributed by atoms with E-state index in [9.17, 15) is 10.5 Å². The van der Waals surface area contributed by atoms with Gasteiger partial charge in [-0.25, -0.2) is 19.8 Å². The molecule has 222 valence electrons. The van der Waals surface area contributed by atoms with Crippen LogP contribution in [0.25, 0.3) is 72.4 Å². The molecular weight excluding hydrogens is 594 g/mol. The Hall–Kier alpha value is -7.41. The van der Waals surface area contributed by atoms with Crippen LogP contribution >= 0.6 is 0 Å². The van der Waals surface area contributed by atoms with Gasteiger partial charge < -0.3 is 0 Å². The lowest BCUT2D eigenvalue weighted by Crippen LogP contribution is -2.00. The fraction of sp³-hybridized carbons (Fsp3) is 0. The van der Waals surface area contributed by atoms with Crippen LogP contribution in [0.4, 0.5) is 5.69 Å². The predicted octanol–water partition coefficient (Wildman–Crippen LogP) is 8.35. The largest absolute Gasteiger partial charge is 0.267 e. The average molecular weight is 616 g/mol. The second-order valence-electron chi connectivity index (χ2n) is 10.6. The summed E-state index contributed by atoms with van der Waals surface area (Å²) in [7, 11) is 0. The highest BCUT2D eigenvalue weighted by Crippen LogP contribution is 2.33. The van der Waals surface area contributed by atoms with E-state index in [2.05, 4.69) is 31.9 Å². The second-order valence-corrected chi connectivity index (χ2v) is 10.6. The lowest BCUT2D eigenvalue weighted by atomic mass is 10.0. The van der Waals surface area contributed by atoms with Crippen molar-refractivity contribution in [2.24, 2.45) is 0 Å². The maximum Gasteiger partial charge on any atom is 0.197 e. The molecule has 0 radical (unpaired) electrons. The average Bonchev–Trinajstić information content (AvgIpc) is 3.18. The first-order chi connectivity index (χ1) is 23.6. The molecule has 0 saturated heterocycles. The van der Waals surface area contributed by atoms with Crippen molar-refractivity contribution in [1.29, 1.82) is 10.5 Å². The van der Waals surface area contributed by atoms with Crippen LogP contribution in [0.1, 0.15) is 11.1 Å². The van der Waals surface area contributed by atoms with Crippen LogP contribution in [0.3, 0.4) is 0 Å². The molecule has 7 rings (SSSR count). The quantitative estimate of drug-likeness (QED) is 0.171. The van der Waals surface area contributed by atoms with Crippen molar-refractivity contribution in [3.8, 4) is 79.7 Å². The summed E-state index contributed by atoms with van der Waals surface area (Å²) < 4.78 is 0. The smallest absolute Gasteiger partial charge is 0.197 e. The Kier molecular flexibility index (Phi) is 7.88. The third kappa shape index (κ3) is 5.73. The highest BCUT2D eigenvalue weighted by atomic mass is 15.0. The van der Waals surface area contributed by atoms with Crippen LogP contribution in [-0.4, -0.2) is 29.9 Å². The van der Waals surface area contributed by atoms with Gasteiger partial charge in [0.2, 0.25) is 0 Å². The van der Waals surface area contributed by atoms with Crippen LogP contribution in [-0.2, 0) is 0 Å². The number of hydrogen-bond acceptors (Lipinski definition) is 8. The number of nitrogens with zero attached hydrogens (tertiary/aromatic N) is 9. The SMILES string of the molecule is [C-]#[N+]c1ccncc1-c1ccc(-c2nc(-c3ccc(-c4cnccc4C#N)cc3)nc(-c3ccc(-c4cnccc4C#N)cc3)n2)cc1. The van der Waals surface area contributed by atoms with Gasteiger partial charge in [0.1, 0.15) is 0 Å². The van der Waals surface area contributed by atoms with Crippen molar-refractivity contribution in [1.82, 2.24) is 29.9 Å². The molecule has 7 aromatic rings. The number of pyridine rings is 3. The zero-order chi connectivity index (χ0) is 32.9. The molecule has 3 aromatic carbocycles. The molecule has 0 unspecified atom stereocenters. The summed E-state index contributed by atoms with van der Waals surface area (Å²) in [5.74, 6) is 1.43. The minimum atomic E-state index is 0.475. The molecule has 0 N–H and O–H groups in total. The van der Waals surface area contributed by atoms with E-state index in [4.69, 9.17) is 21.5 Å². The standard InChI is InChI=1S/C39H21N9/c1-42-36-16-19-45-24-35(36)27-6-12-30(13-7-27)39-47-37(28-8-2-25(3-9-28)33-22-43-17-14-31(33)20-40)46-38(48-39)29-10-4-26(5-11-29)34-23-44-18-15-32(34)21-41/h2-19,22-24H. The van der Waals surface area contributed by atoms with Crippen molar-refractivity contribution in [2.45, 2.75) is 0 Å². The van der Waals surface area contributed by atoms with E-state index < -0.39 is 0 Å². The second kappa shape index (κ2) is 12.9. The zero-order valence-electron chi connectivity index (χ0n) is 25.1. The molecular formula is C39H21N9. The highest BCUT2D eigenvalue weighted by Gasteiger charge is 2.15. The summed E-state index contributed by atoms with van der Waals surface area (Å²) in [4.78, 5) is 30.8. The Bertz CT molecular complexity index is 2130. The summed E-state index contributed by atoms with van der Waals surface area (Å²) in [5, 5.41) is 19.1. The van der Waals surface area contributed by atoms with Crippen LogP contribution < -0.4 is 0 Å². The monoisotopic (exact) mass is 615 g/mol. The molecule has 0 amide bonds. The van der Waals surface area contributed by atoms with E-state index in [0.29, 0.717) is 34.3 Å². The summed E-state index contributed by atoms with van der Waals surface area (Å²) in [6, 6.07) is 32.6. The number of benzene rings is 3. The number of nitriles is 2. The van der Waals surface area contributed by atoms with Gasteiger partial charge >= 0.3 is 0 Å². The fourth-order valence-electron chi connectivity index (χ4n) is 5.31. The topological polar surface area (TPSA) is 129 Å². The Labute approximate surface area is 276 Å². The minimum absolute atomic E-state index is 0.475. The van der Waals surface area contributed by atoms with E-state index in [-0.39, 0.29) is 0 Å². The van der Waals surface area contributed by atoms with E-state index in [1.807, 2.05) is 72.8 Å². The van der Waals surface area contributed by atoms with Crippen molar-refractivity contribution < 1.29 is 0 Å². The first kappa shape index (κ1) is 29.3. The van der Waals surface area contributed by atoms with Crippen LogP contribution in [0.15, 0.2) is 128 Å². The van der Waals surface area contributed by atoms with E-state index >= 15 is 0 Å². The number of aromatic nitrogens is 6. The molecule has 0 aliphatic rings. The maximum atomic E-state index is 9.57. The van der Waals surface area contributed by atoms with Crippen molar-refractivity contribution in [3.05, 3.63) is 151 Å². The summed E-state index contributed by atoms with van der Waals surface area (Å²) in [6.45, 7) is 7.52. The van der Waals surface area contributed by atoms with Crippen molar-refractivity contribution in [3.63, 3.8) is 0 Å². The predicted molar refractivity (Wildman–Crippen MR) is 182 cm³/mol. The van der Waals surface area contributed by atoms with Gasteiger partial charge in [0, 0.05) is 70.6 Å². The first-order valence-electron chi connectivity index (χ1n) is 14.7. The normalized spacial score (nSPS) is 10.4. The molecule has 48 heavy (non-hydrogen) atoms. The molecule has 0 bridgehead atoms. The van der Waals surface area contributed by atoms with Crippen molar-refractivity contribution in [2.75, 3.05) is 0 Å². The van der Waals surface area contributed by atoms with Gasteiger partial charge in [0.25, 0.3) is 0 Å². The molecule has 4 aromatic heterocycles. The van der Waals surface area contributed by atoms with Gasteiger partial charge in [-0.3, -0.25) is 15.0 Å². The van der Waals surface area contributed by atoms with Crippen LogP contribution in [0, 0.1) is 29.2 Å². The summed E-state index contributed by atoms with van der Waals surface area (Å²) in [5.41, 5.74) is 8.71. The Morgan fingerprint density at radius 2 is 0.771 bits per heavy atom. The zero-order valence-corrected chi connectivity index (χ0v) is 25.1. The van der Waals surface area contributed by atoms with Gasteiger partial charge in [-0.05, 0) is 34.9 Å². The van der Waals surface area contributed by atoms with E-state index in [0.717, 1.165) is 50.1 Å². The summed E-state index contributed by atoms with van der Waals surface area (Å²) >= 11 is 0. The molecule has 0 saturated carbocycles. The first-order valence-corrected chi connectivity index (χ1v) is 14.7. The molecule has 0 spiro atoms. The van der Waals surface area contributed by atoms with Crippen molar-refractivity contribution >= 4 is 5.69 Å². The lowest BCUT2D eigenvalue weighted by Gasteiger charge is -2.11. The minimum Gasteiger partial charge on any atom is -0.267 e. The van der Waals surface area contributed by atoms with Gasteiger partial charge in [-0.1, -0.05) is 72.8 Å². The molecule has 0 aliphatic carbocycles. The third-order valence-electron chi connectivity index (χ3n) is 7.80. The Morgan fingerprint density at radius 1 is 0.438 bits per heavy atom. The van der Waals surface area contributed by atoms with Gasteiger partial charge in [0.15, 0.2) is 23.2 Å². The van der Waals surface area contributed by atoms with Gasteiger partial charge in [0.05, 0.1) is 29.8 Å². The van der Waals surface area contributed by atoms with E-state index in [1.54, 1.807) is 55.4 Å². The summed E-state index contributed by atoms with van der Waals surface area (Å²) in [6.07, 6.45) is 9.85. The fourth-order valence-corrected chi connectivity index (χ4v) is 5.31. The van der Waals surface area contributed by atoms with Gasteiger partial charge in [-0.2, -0.15) is 10.5 Å². The molecule has 0 aliphatic heterocycles. The molecule has 9 heteroatoms. The number of hydrogen-bond donors (Lipinski definition) is 0. The highest BCUT2D eigenvalue weighted by molar-refractivity contribution is 5.79. The Morgan fingerprint density at radius 3 is 1.15 bits per heavy atom. The molecule has 0 fully saturated rings. The van der Waals surface area contributed by atoms with Gasteiger partial charge in [-0.15, -0.1) is 0 Å². The number of rotatable bonds is 6. The third-order valence-corrected chi connectivity index (χ3v) is 7.80. The molecule has 0 atom stereocenters. The molecule has 9 nitrogen and oxygen atoms in total. The lowest BCUT2D eigenvalue weighted by molar-refractivity contribution is 1.07. The van der Waals surface area contributed by atoms with Crippen LogP contribution in [0.5, 0.6) is 0 Å².